The van der Waals surface area contributed by atoms with Gasteiger partial charge in [-0.25, -0.2) is 0 Å². The van der Waals surface area contributed by atoms with E-state index in [-0.39, 0.29) is 21.2 Å². The Morgan fingerprint density at radius 2 is 1.91 bits per heavy atom. The summed E-state index contributed by atoms with van der Waals surface area (Å²) < 4.78 is 2.40. The van der Waals surface area contributed by atoms with Gasteiger partial charge in [-0.05, 0) is 0 Å². The van der Waals surface area contributed by atoms with Crippen LogP contribution in [-0.2, 0) is 0 Å². The molecule has 3 aliphatic carbocycles. The summed E-state index contributed by atoms with van der Waals surface area (Å²) in [5, 5.41) is 0. The van der Waals surface area contributed by atoms with E-state index in [1.165, 1.54) is 62.5 Å². The molecule has 0 aromatic heterocycles. The summed E-state index contributed by atoms with van der Waals surface area (Å²) in [4.78, 5) is 0. The van der Waals surface area contributed by atoms with Gasteiger partial charge in [0.1, 0.15) is 0 Å². The van der Waals surface area contributed by atoms with Crippen LogP contribution in [0, 0.1) is 47.3 Å². The third-order valence-corrected chi connectivity index (χ3v) is 15.8. The standard InChI is InChI=1S/C33H51IN/c1-5-6-7-8-23(3)29-13-14-30-27-19-26(18-24(4)25-9-11-28(35)12-10-25)32-17-22(2)15-16-33(32,20-27)34-21-31(29)30/h9-12,22-23,26-27,29-32H,4-8,13-21,35H2,1-3H3/q-1. The van der Waals surface area contributed by atoms with Crippen LogP contribution in [0.4, 0.5) is 5.69 Å². The van der Waals surface area contributed by atoms with Gasteiger partial charge in [0.15, 0.2) is 0 Å². The molecule has 0 radical (unpaired) electrons. The normalized spacial score (nSPS) is 39.6. The fraction of sp³-hybridized carbons (Fsp3) is 0.758. The summed E-state index contributed by atoms with van der Waals surface area (Å²) in [6.07, 6.45) is 17.7. The van der Waals surface area contributed by atoms with Gasteiger partial charge in [0.2, 0.25) is 0 Å². The second-order valence-corrected chi connectivity index (χ2v) is 17.0. The SMILES string of the molecule is C=C(CC1CC2CC3(CCC(C)CC13)[I-]CC1C(C(C)CCCCC)CCC21)c1ccc(N)cc1. The van der Waals surface area contributed by atoms with Crippen molar-refractivity contribution in [3.05, 3.63) is 36.4 Å². The molecule has 35 heavy (non-hydrogen) atoms. The van der Waals surface area contributed by atoms with E-state index < -0.39 is 0 Å². The van der Waals surface area contributed by atoms with Crippen molar-refractivity contribution >= 4 is 11.3 Å². The van der Waals surface area contributed by atoms with Crippen molar-refractivity contribution in [2.24, 2.45) is 47.3 Å². The maximum absolute atomic E-state index is 5.98. The number of nitrogens with two attached hydrogens (primary N) is 1. The zero-order chi connectivity index (χ0) is 24.6. The molecule has 4 aliphatic rings. The van der Waals surface area contributed by atoms with Crippen LogP contribution < -0.4 is 26.9 Å². The number of anilines is 1. The van der Waals surface area contributed by atoms with E-state index in [1.54, 1.807) is 30.1 Å². The molecule has 0 amide bonds. The quantitative estimate of drug-likeness (QED) is 0.176. The Kier molecular flexibility index (Phi) is 8.26. The molecule has 9 unspecified atom stereocenters. The molecule has 1 aromatic carbocycles. The van der Waals surface area contributed by atoms with Crippen LogP contribution >= 0.6 is 0 Å². The predicted molar refractivity (Wildman–Crippen MR) is 148 cm³/mol. The first-order valence-corrected chi connectivity index (χ1v) is 17.6. The van der Waals surface area contributed by atoms with Crippen molar-refractivity contribution in [2.75, 3.05) is 10.2 Å². The first kappa shape index (κ1) is 26.1. The minimum atomic E-state index is 0.281. The van der Waals surface area contributed by atoms with E-state index in [9.17, 15) is 0 Å². The number of halogens is 1. The van der Waals surface area contributed by atoms with Crippen LogP contribution in [0.3, 0.4) is 0 Å². The topological polar surface area (TPSA) is 26.0 Å². The molecule has 5 rings (SSSR count). The molecule has 1 aromatic rings. The summed E-state index contributed by atoms with van der Waals surface area (Å²) in [5.41, 5.74) is 9.53. The fourth-order valence-corrected chi connectivity index (χ4v) is 14.7. The van der Waals surface area contributed by atoms with Crippen molar-refractivity contribution in [3.8, 4) is 0 Å². The van der Waals surface area contributed by atoms with Crippen molar-refractivity contribution in [2.45, 2.75) is 101 Å². The predicted octanol–water partition coefficient (Wildman–Crippen LogP) is 5.83. The Hall–Kier alpha value is -0.510. The van der Waals surface area contributed by atoms with Gasteiger partial charge in [0, 0.05) is 0 Å². The Morgan fingerprint density at radius 3 is 2.69 bits per heavy atom. The second kappa shape index (κ2) is 11.1. The molecule has 9 atom stereocenters. The Balaban J connectivity index is 1.36. The third kappa shape index (κ3) is 5.39. The summed E-state index contributed by atoms with van der Waals surface area (Å²) in [6, 6.07) is 8.53. The molecule has 4 fully saturated rings. The summed E-state index contributed by atoms with van der Waals surface area (Å²) in [5.74, 6) is 7.87. The molecule has 1 saturated heterocycles. The molecule has 1 heterocycles. The van der Waals surface area contributed by atoms with Gasteiger partial charge in [-0.15, -0.1) is 0 Å². The van der Waals surface area contributed by atoms with Gasteiger partial charge in [-0.2, -0.15) is 0 Å². The molecule has 2 heteroatoms. The van der Waals surface area contributed by atoms with Crippen LogP contribution in [0.1, 0.15) is 103 Å². The van der Waals surface area contributed by atoms with Gasteiger partial charge < -0.3 is 0 Å². The molecule has 1 aliphatic heterocycles. The number of alkyl halides is 2. The zero-order valence-electron chi connectivity index (χ0n) is 22.8. The van der Waals surface area contributed by atoms with Gasteiger partial charge >= 0.3 is 228 Å². The monoisotopic (exact) mass is 588 g/mol. The van der Waals surface area contributed by atoms with Crippen LogP contribution in [-0.4, -0.2) is 7.85 Å². The number of benzene rings is 1. The molecule has 2 bridgehead atoms. The molecule has 1 spiro atoms. The van der Waals surface area contributed by atoms with Crippen molar-refractivity contribution < 1.29 is 21.2 Å². The van der Waals surface area contributed by atoms with Crippen LogP contribution in [0.2, 0.25) is 0 Å². The van der Waals surface area contributed by atoms with Crippen molar-refractivity contribution in [1.29, 1.82) is 0 Å². The second-order valence-electron chi connectivity index (χ2n) is 13.2. The number of allylic oxidation sites excluding steroid dienone is 1. The molecule has 2 N–H and O–H groups in total. The fourth-order valence-electron chi connectivity index (χ4n) is 9.12. The number of hydrogen-bond acceptors (Lipinski definition) is 1. The molecular weight excluding hydrogens is 537 g/mol. The van der Waals surface area contributed by atoms with E-state index in [0.717, 1.165) is 56.5 Å². The van der Waals surface area contributed by atoms with Gasteiger partial charge in [-0.1, -0.05) is 0 Å². The van der Waals surface area contributed by atoms with Gasteiger partial charge in [-0.3, -0.25) is 0 Å². The van der Waals surface area contributed by atoms with E-state index in [1.807, 2.05) is 0 Å². The minimum absolute atomic E-state index is 0.281. The van der Waals surface area contributed by atoms with E-state index >= 15 is 0 Å². The van der Waals surface area contributed by atoms with Crippen LogP contribution in [0.25, 0.3) is 5.57 Å². The molecule has 196 valence electrons. The maximum atomic E-state index is 5.98. The Morgan fingerprint density at radius 1 is 1.11 bits per heavy atom. The first-order chi connectivity index (χ1) is 16.9. The van der Waals surface area contributed by atoms with Gasteiger partial charge in [0.25, 0.3) is 0 Å². The Labute approximate surface area is 226 Å². The summed E-state index contributed by atoms with van der Waals surface area (Å²) in [6.45, 7) is 12.1. The number of rotatable bonds is 8. The number of nitrogen functional groups attached to an aromatic ring is 1. The number of hydrogen-bond donors (Lipinski definition) is 1. The molecule has 1 nitrogen and oxygen atoms in total. The van der Waals surface area contributed by atoms with E-state index in [0.29, 0.717) is 0 Å². The molecular formula is C33H51IN-. The van der Waals surface area contributed by atoms with Crippen molar-refractivity contribution in [1.82, 2.24) is 0 Å². The van der Waals surface area contributed by atoms with Crippen LogP contribution in [0.15, 0.2) is 30.8 Å². The average molecular weight is 589 g/mol. The van der Waals surface area contributed by atoms with E-state index in [2.05, 4.69) is 51.6 Å². The average Bonchev–Trinajstić information content (AvgIpc) is 3.23. The summed E-state index contributed by atoms with van der Waals surface area (Å²) >= 11 is 0.281. The van der Waals surface area contributed by atoms with E-state index in [4.69, 9.17) is 5.73 Å². The van der Waals surface area contributed by atoms with Crippen LogP contribution in [0.5, 0.6) is 0 Å². The third-order valence-electron chi connectivity index (χ3n) is 11.0. The van der Waals surface area contributed by atoms with Crippen molar-refractivity contribution in [3.63, 3.8) is 0 Å². The first-order valence-electron chi connectivity index (χ1n) is 15.0. The summed E-state index contributed by atoms with van der Waals surface area (Å²) in [7, 11) is 0. The van der Waals surface area contributed by atoms with Gasteiger partial charge in [0.05, 0.1) is 0 Å². The number of unbranched alkanes of at least 4 members (excludes halogenated alkanes) is 2. The number of fused-ring (bicyclic) bond motifs is 3. The zero-order valence-corrected chi connectivity index (χ0v) is 24.9. The Bertz CT molecular complexity index is 860. The molecule has 3 saturated carbocycles.